The second-order valence-corrected chi connectivity index (χ2v) is 6.16. The SMILES string of the molecule is C[NH+](CCOc1cccc(Br)c1)CC(=O)Nc1ccc(F)cc1. The van der Waals surface area contributed by atoms with Crippen molar-refractivity contribution < 1.29 is 18.8 Å². The highest BCUT2D eigenvalue weighted by Gasteiger charge is 2.10. The zero-order valence-electron chi connectivity index (χ0n) is 12.8. The first-order valence-corrected chi connectivity index (χ1v) is 8.07. The van der Waals surface area contributed by atoms with E-state index in [2.05, 4.69) is 21.2 Å². The molecule has 2 rings (SSSR count). The normalized spacial score (nSPS) is 11.8. The van der Waals surface area contributed by atoms with Gasteiger partial charge in [0.25, 0.3) is 5.91 Å². The van der Waals surface area contributed by atoms with E-state index >= 15 is 0 Å². The van der Waals surface area contributed by atoms with Gasteiger partial charge in [-0.05, 0) is 42.5 Å². The Kier molecular flexibility index (Phi) is 6.55. The smallest absolute Gasteiger partial charge is 0.279 e. The van der Waals surface area contributed by atoms with Crippen LogP contribution in [0.25, 0.3) is 0 Å². The van der Waals surface area contributed by atoms with Crippen LogP contribution in [0.5, 0.6) is 5.75 Å². The summed E-state index contributed by atoms with van der Waals surface area (Å²) < 4.78 is 19.4. The first-order chi connectivity index (χ1) is 11.0. The predicted octanol–water partition coefficient (Wildman–Crippen LogP) is 2.12. The molecule has 23 heavy (non-hydrogen) atoms. The molecule has 2 aromatic carbocycles. The molecule has 0 aliphatic carbocycles. The summed E-state index contributed by atoms with van der Waals surface area (Å²) in [5.41, 5.74) is 0.592. The van der Waals surface area contributed by atoms with E-state index in [0.717, 1.165) is 15.1 Å². The first-order valence-electron chi connectivity index (χ1n) is 7.28. The molecule has 0 radical (unpaired) electrons. The van der Waals surface area contributed by atoms with Crippen LogP contribution >= 0.6 is 15.9 Å². The van der Waals surface area contributed by atoms with Crippen LogP contribution in [0.2, 0.25) is 0 Å². The maximum atomic E-state index is 12.8. The van der Waals surface area contributed by atoms with Crippen molar-refractivity contribution in [3.63, 3.8) is 0 Å². The summed E-state index contributed by atoms with van der Waals surface area (Å²) in [6.07, 6.45) is 0. The maximum absolute atomic E-state index is 12.8. The fourth-order valence-corrected chi connectivity index (χ4v) is 2.38. The molecule has 2 aromatic rings. The van der Waals surface area contributed by atoms with E-state index in [1.54, 1.807) is 12.1 Å². The molecule has 1 unspecified atom stereocenters. The van der Waals surface area contributed by atoms with Crippen molar-refractivity contribution in [2.45, 2.75) is 0 Å². The van der Waals surface area contributed by atoms with Crippen molar-refractivity contribution in [1.82, 2.24) is 0 Å². The van der Waals surface area contributed by atoms with Gasteiger partial charge in [-0.1, -0.05) is 22.0 Å². The van der Waals surface area contributed by atoms with Gasteiger partial charge in [0, 0.05) is 10.2 Å². The molecule has 0 heterocycles. The van der Waals surface area contributed by atoms with Crippen molar-refractivity contribution in [3.05, 3.63) is 58.8 Å². The Morgan fingerprint density at radius 1 is 1.26 bits per heavy atom. The van der Waals surface area contributed by atoms with E-state index in [4.69, 9.17) is 4.74 Å². The zero-order valence-corrected chi connectivity index (χ0v) is 14.4. The molecule has 0 aliphatic rings. The molecule has 0 aromatic heterocycles. The monoisotopic (exact) mass is 381 g/mol. The van der Waals surface area contributed by atoms with Gasteiger partial charge in [0.1, 0.15) is 24.7 Å². The van der Waals surface area contributed by atoms with Gasteiger partial charge in [0.05, 0.1) is 7.05 Å². The van der Waals surface area contributed by atoms with Gasteiger partial charge in [0.2, 0.25) is 0 Å². The average Bonchev–Trinajstić information content (AvgIpc) is 2.49. The van der Waals surface area contributed by atoms with Crippen molar-refractivity contribution in [2.24, 2.45) is 0 Å². The lowest BCUT2D eigenvalue weighted by Crippen LogP contribution is -3.10. The number of carbonyl (C=O) groups excluding carboxylic acids is 1. The van der Waals surface area contributed by atoms with Gasteiger partial charge >= 0.3 is 0 Å². The molecule has 1 atom stereocenters. The highest BCUT2D eigenvalue weighted by atomic mass is 79.9. The third kappa shape index (κ3) is 6.38. The molecule has 2 N–H and O–H groups in total. The minimum atomic E-state index is -0.324. The summed E-state index contributed by atoms with van der Waals surface area (Å²) in [5, 5.41) is 2.74. The topological polar surface area (TPSA) is 42.8 Å². The number of hydrogen-bond acceptors (Lipinski definition) is 2. The van der Waals surface area contributed by atoms with E-state index in [9.17, 15) is 9.18 Å². The fourth-order valence-electron chi connectivity index (χ4n) is 2.00. The summed E-state index contributed by atoms with van der Waals surface area (Å²) in [7, 11) is 1.93. The van der Waals surface area contributed by atoms with E-state index in [1.807, 2.05) is 31.3 Å². The van der Waals surface area contributed by atoms with Crippen LogP contribution in [0.3, 0.4) is 0 Å². The van der Waals surface area contributed by atoms with Gasteiger partial charge in [-0.2, -0.15) is 0 Å². The summed E-state index contributed by atoms with van der Waals surface area (Å²) in [6, 6.07) is 13.3. The van der Waals surface area contributed by atoms with Crippen molar-refractivity contribution in [2.75, 3.05) is 32.1 Å². The standard InChI is InChI=1S/C17H18BrFN2O2/c1-21(9-10-23-16-4-2-3-13(18)11-16)12-17(22)20-15-7-5-14(19)6-8-15/h2-8,11H,9-10,12H2,1H3,(H,20,22)/p+1. The third-order valence-electron chi connectivity index (χ3n) is 3.18. The number of carbonyl (C=O) groups is 1. The van der Waals surface area contributed by atoms with Crippen molar-refractivity contribution >= 4 is 27.5 Å². The quantitative estimate of drug-likeness (QED) is 0.771. The van der Waals surface area contributed by atoms with E-state index in [-0.39, 0.29) is 11.7 Å². The largest absolute Gasteiger partial charge is 0.488 e. The Balaban J connectivity index is 1.70. The first kappa shape index (κ1) is 17.4. The number of anilines is 1. The predicted molar refractivity (Wildman–Crippen MR) is 91.3 cm³/mol. The molecular weight excluding hydrogens is 363 g/mol. The highest BCUT2D eigenvalue weighted by Crippen LogP contribution is 2.17. The molecule has 1 amide bonds. The second-order valence-electron chi connectivity index (χ2n) is 5.24. The lowest BCUT2D eigenvalue weighted by Gasteiger charge is -2.14. The van der Waals surface area contributed by atoms with Gasteiger partial charge in [-0.25, -0.2) is 4.39 Å². The minimum absolute atomic E-state index is 0.114. The van der Waals surface area contributed by atoms with Crippen LogP contribution in [0.4, 0.5) is 10.1 Å². The maximum Gasteiger partial charge on any atom is 0.279 e. The van der Waals surface area contributed by atoms with Crippen molar-refractivity contribution in [3.8, 4) is 5.75 Å². The number of hydrogen-bond donors (Lipinski definition) is 2. The number of likely N-dealkylation sites (N-methyl/N-ethyl adjacent to an activating group) is 1. The van der Waals surface area contributed by atoms with E-state index in [0.29, 0.717) is 25.4 Å². The molecule has 6 heteroatoms. The number of ether oxygens (including phenoxy) is 1. The zero-order chi connectivity index (χ0) is 16.7. The van der Waals surface area contributed by atoms with E-state index in [1.165, 1.54) is 12.1 Å². The molecule has 0 bridgehead atoms. The Hall–Kier alpha value is -1.92. The number of halogens is 2. The number of quaternary nitrogens is 1. The molecule has 0 saturated carbocycles. The molecule has 0 fully saturated rings. The van der Waals surface area contributed by atoms with Gasteiger partial charge in [-0.15, -0.1) is 0 Å². The minimum Gasteiger partial charge on any atom is -0.488 e. The van der Waals surface area contributed by atoms with Crippen LogP contribution in [0.1, 0.15) is 0 Å². The molecule has 0 saturated heterocycles. The Morgan fingerprint density at radius 3 is 2.70 bits per heavy atom. The summed E-state index contributed by atoms with van der Waals surface area (Å²) in [6.45, 7) is 1.54. The molecule has 0 aliphatic heterocycles. The van der Waals surface area contributed by atoms with E-state index < -0.39 is 0 Å². The van der Waals surface area contributed by atoms with Gasteiger partial charge < -0.3 is 15.0 Å². The number of amides is 1. The summed E-state index contributed by atoms with van der Waals surface area (Å²) in [5.74, 6) is 0.356. The van der Waals surface area contributed by atoms with Crippen LogP contribution in [0, 0.1) is 5.82 Å². The lowest BCUT2D eigenvalue weighted by atomic mass is 10.3. The second kappa shape index (κ2) is 8.64. The number of nitrogens with one attached hydrogen (secondary N) is 2. The fraction of sp³-hybridized carbons (Fsp3) is 0.235. The Labute approximate surface area is 143 Å². The third-order valence-corrected chi connectivity index (χ3v) is 3.68. The van der Waals surface area contributed by atoms with Crippen LogP contribution in [-0.2, 0) is 4.79 Å². The van der Waals surface area contributed by atoms with Gasteiger partial charge in [-0.3, -0.25) is 4.79 Å². The van der Waals surface area contributed by atoms with Crippen LogP contribution in [-0.4, -0.2) is 32.7 Å². The average molecular weight is 382 g/mol. The Morgan fingerprint density at radius 2 is 2.00 bits per heavy atom. The van der Waals surface area contributed by atoms with Gasteiger partial charge in [0.15, 0.2) is 6.54 Å². The molecule has 0 spiro atoms. The molecular formula is C17H19BrFN2O2+. The van der Waals surface area contributed by atoms with Crippen LogP contribution < -0.4 is 15.0 Å². The van der Waals surface area contributed by atoms with Crippen molar-refractivity contribution in [1.29, 1.82) is 0 Å². The summed E-state index contributed by atoms with van der Waals surface area (Å²) >= 11 is 3.39. The lowest BCUT2D eigenvalue weighted by molar-refractivity contribution is -0.871. The highest BCUT2D eigenvalue weighted by molar-refractivity contribution is 9.10. The molecule has 4 nitrogen and oxygen atoms in total. The molecule has 122 valence electrons. The number of benzene rings is 2. The number of rotatable bonds is 7. The summed E-state index contributed by atoms with van der Waals surface area (Å²) in [4.78, 5) is 12.9. The van der Waals surface area contributed by atoms with Crippen LogP contribution in [0.15, 0.2) is 53.0 Å². The Bertz CT molecular complexity index is 649.